The van der Waals surface area contributed by atoms with Crippen molar-refractivity contribution in [2.45, 2.75) is 32.5 Å². The van der Waals surface area contributed by atoms with E-state index in [1.54, 1.807) is 0 Å². The molecule has 0 amide bonds. The number of carboxylic acids is 1. The van der Waals surface area contributed by atoms with Crippen LogP contribution in [0.4, 0.5) is 0 Å². The van der Waals surface area contributed by atoms with Gasteiger partial charge in [-0.3, -0.25) is 9.69 Å². The third-order valence-electron chi connectivity index (χ3n) is 4.43. The number of ether oxygens (including phenoxy) is 1. The molecule has 0 radical (unpaired) electrons. The number of carboxylic acid groups (broad SMARTS) is 1. The molecule has 0 unspecified atom stereocenters. The monoisotopic (exact) mass is 341 g/mol. The van der Waals surface area contributed by atoms with Crippen LogP contribution in [0.3, 0.4) is 0 Å². The van der Waals surface area contributed by atoms with Crippen LogP contribution in [0.1, 0.15) is 37.5 Å². The normalized spacial score (nSPS) is 15.7. The summed E-state index contributed by atoms with van der Waals surface area (Å²) in [7, 11) is 0. The summed E-state index contributed by atoms with van der Waals surface area (Å²) < 4.78 is 6.44. The summed E-state index contributed by atoms with van der Waals surface area (Å²) in [5.41, 5.74) is 2.30. The Morgan fingerprint density at radius 3 is 1.92 bits per heavy atom. The van der Waals surface area contributed by atoms with Gasteiger partial charge in [0.25, 0.3) is 0 Å². The summed E-state index contributed by atoms with van der Waals surface area (Å²) in [6.45, 7) is 1.66. The van der Waals surface area contributed by atoms with Gasteiger partial charge in [0.15, 0.2) is 0 Å². The smallest absolute Gasteiger partial charge is 0.317 e. The van der Waals surface area contributed by atoms with Crippen LogP contribution in [0.15, 0.2) is 60.7 Å². The molecule has 0 spiro atoms. The van der Waals surface area contributed by atoms with E-state index in [-0.39, 0.29) is 26.2 Å². The highest BCUT2D eigenvalue weighted by atomic mass is 16.5. The van der Waals surface area contributed by atoms with Crippen LogP contribution >= 0.6 is 0 Å². The molecule has 25 heavy (non-hydrogen) atoms. The molecule has 4 nitrogen and oxygen atoms in total. The number of benzene rings is 2. The van der Waals surface area contributed by atoms with Crippen molar-refractivity contribution < 1.29 is 14.6 Å². The minimum absolute atomic E-state index is 0. The quantitative estimate of drug-likeness (QED) is 0.863. The molecule has 0 atom stereocenters. The molecular formula is C21H27NO3. The summed E-state index contributed by atoms with van der Waals surface area (Å²) in [6, 6.07) is 20.5. The average molecular weight is 341 g/mol. The zero-order chi connectivity index (χ0) is 16.8. The molecule has 134 valence electrons. The van der Waals surface area contributed by atoms with E-state index in [0.29, 0.717) is 0 Å². The lowest BCUT2D eigenvalue weighted by Crippen LogP contribution is -2.40. The first-order valence-corrected chi connectivity index (χ1v) is 8.42. The van der Waals surface area contributed by atoms with Gasteiger partial charge >= 0.3 is 5.97 Å². The topological polar surface area (TPSA) is 49.8 Å². The molecule has 1 aliphatic rings. The van der Waals surface area contributed by atoms with Crippen LogP contribution in [-0.2, 0) is 9.53 Å². The molecule has 0 aliphatic carbocycles. The first-order chi connectivity index (χ1) is 11.7. The summed E-state index contributed by atoms with van der Waals surface area (Å²) in [4.78, 5) is 12.8. The van der Waals surface area contributed by atoms with Crippen LogP contribution in [0.25, 0.3) is 0 Å². The van der Waals surface area contributed by atoms with Crippen LogP contribution in [0.2, 0.25) is 0 Å². The minimum atomic E-state index is -0.763. The maximum atomic E-state index is 10.8. The number of hydrogen-bond acceptors (Lipinski definition) is 3. The summed E-state index contributed by atoms with van der Waals surface area (Å²) in [5.74, 6) is -0.763. The van der Waals surface area contributed by atoms with Crippen molar-refractivity contribution in [1.82, 2.24) is 4.90 Å². The van der Waals surface area contributed by atoms with Crippen molar-refractivity contribution in [1.29, 1.82) is 0 Å². The van der Waals surface area contributed by atoms with Crippen molar-refractivity contribution >= 4 is 5.97 Å². The Morgan fingerprint density at radius 2 is 1.48 bits per heavy atom. The van der Waals surface area contributed by atoms with Gasteiger partial charge in [-0.1, -0.05) is 68.1 Å². The zero-order valence-corrected chi connectivity index (χ0v) is 13.7. The van der Waals surface area contributed by atoms with E-state index in [1.807, 2.05) is 41.3 Å². The van der Waals surface area contributed by atoms with E-state index in [2.05, 4.69) is 24.3 Å². The molecule has 0 aromatic heterocycles. The molecular weight excluding hydrogens is 314 g/mol. The van der Waals surface area contributed by atoms with Crippen molar-refractivity contribution in [3.05, 3.63) is 71.8 Å². The highest BCUT2D eigenvalue weighted by molar-refractivity contribution is 5.69. The van der Waals surface area contributed by atoms with Gasteiger partial charge in [0.1, 0.15) is 6.10 Å². The largest absolute Gasteiger partial charge is 0.480 e. The highest BCUT2D eigenvalue weighted by Gasteiger charge is 2.25. The molecule has 2 aromatic carbocycles. The number of hydrogen-bond donors (Lipinski definition) is 1. The van der Waals surface area contributed by atoms with E-state index >= 15 is 0 Å². The number of nitrogens with zero attached hydrogens (tertiary/aromatic N) is 1. The Morgan fingerprint density at radius 1 is 1.00 bits per heavy atom. The second-order valence-corrected chi connectivity index (χ2v) is 6.21. The van der Waals surface area contributed by atoms with Gasteiger partial charge in [0.2, 0.25) is 0 Å². The Balaban J connectivity index is 0.00000225. The van der Waals surface area contributed by atoms with E-state index in [0.717, 1.165) is 37.1 Å². The zero-order valence-electron chi connectivity index (χ0n) is 13.7. The predicted molar refractivity (Wildman–Crippen MR) is 99.6 cm³/mol. The van der Waals surface area contributed by atoms with Crippen LogP contribution in [-0.4, -0.2) is 41.7 Å². The second kappa shape index (κ2) is 9.35. The van der Waals surface area contributed by atoms with Gasteiger partial charge in [-0.05, 0) is 24.0 Å². The van der Waals surface area contributed by atoms with Crippen LogP contribution in [0.5, 0.6) is 0 Å². The Hall–Kier alpha value is -2.17. The van der Waals surface area contributed by atoms with E-state index in [1.165, 1.54) is 0 Å². The molecule has 1 heterocycles. The number of carbonyl (C=O) groups is 1. The lowest BCUT2D eigenvalue weighted by molar-refractivity contribution is -0.139. The standard InChI is InChI=1S/C20H23NO3.CH4/c22-19(23)15-21-13-11-18(12-14-21)24-20(16-7-3-1-4-8-16)17-9-5-2-6-10-17;/h1-10,18,20H,11-15H2,(H,22,23);1H4. The summed E-state index contributed by atoms with van der Waals surface area (Å²) in [6.07, 6.45) is 1.80. The fraction of sp³-hybridized carbons (Fsp3) is 0.381. The minimum Gasteiger partial charge on any atom is -0.480 e. The third kappa shape index (κ3) is 5.41. The number of rotatable bonds is 6. The van der Waals surface area contributed by atoms with E-state index in [9.17, 15) is 4.79 Å². The fourth-order valence-electron chi connectivity index (χ4n) is 3.19. The molecule has 0 bridgehead atoms. The Bertz CT molecular complexity index is 597. The van der Waals surface area contributed by atoms with Gasteiger partial charge in [0, 0.05) is 13.1 Å². The first kappa shape index (κ1) is 19.2. The van der Waals surface area contributed by atoms with E-state index < -0.39 is 5.97 Å². The molecule has 1 aliphatic heterocycles. The summed E-state index contributed by atoms with van der Waals surface area (Å²) in [5, 5.41) is 8.90. The van der Waals surface area contributed by atoms with Crippen LogP contribution in [0, 0.1) is 0 Å². The number of piperidine rings is 1. The number of aliphatic carboxylic acids is 1. The van der Waals surface area contributed by atoms with Crippen molar-refractivity contribution in [2.24, 2.45) is 0 Å². The third-order valence-corrected chi connectivity index (χ3v) is 4.43. The van der Waals surface area contributed by atoms with Crippen molar-refractivity contribution in [3.8, 4) is 0 Å². The Labute approximate surface area is 150 Å². The van der Waals surface area contributed by atoms with Gasteiger partial charge in [-0.25, -0.2) is 0 Å². The molecule has 3 rings (SSSR count). The molecule has 1 fully saturated rings. The second-order valence-electron chi connectivity index (χ2n) is 6.21. The SMILES string of the molecule is C.O=C(O)CN1CCC(OC(c2ccccc2)c2ccccc2)CC1. The van der Waals surface area contributed by atoms with Crippen LogP contribution < -0.4 is 0 Å². The van der Waals surface area contributed by atoms with Crippen molar-refractivity contribution in [2.75, 3.05) is 19.6 Å². The maximum absolute atomic E-state index is 10.8. The molecule has 4 heteroatoms. The van der Waals surface area contributed by atoms with Gasteiger partial charge in [0.05, 0.1) is 12.6 Å². The lowest BCUT2D eigenvalue weighted by Gasteiger charge is -2.33. The molecule has 1 saturated heterocycles. The van der Waals surface area contributed by atoms with Gasteiger partial charge in [-0.2, -0.15) is 0 Å². The molecule has 1 N–H and O–H groups in total. The number of likely N-dealkylation sites (tertiary alicyclic amines) is 1. The van der Waals surface area contributed by atoms with Crippen molar-refractivity contribution in [3.63, 3.8) is 0 Å². The van der Waals surface area contributed by atoms with Gasteiger partial charge in [-0.15, -0.1) is 0 Å². The van der Waals surface area contributed by atoms with E-state index in [4.69, 9.17) is 9.84 Å². The predicted octanol–water partition coefficient (Wildman–Crippen LogP) is 3.98. The molecule has 0 saturated carbocycles. The first-order valence-electron chi connectivity index (χ1n) is 8.42. The fourth-order valence-corrected chi connectivity index (χ4v) is 3.19. The average Bonchev–Trinajstić information content (AvgIpc) is 2.62. The summed E-state index contributed by atoms with van der Waals surface area (Å²) >= 11 is 0. The Kier molecular flexibility index (Phi) is 7.16. The van der Waals surface area contributed by atoms with Gasteiger partial charge < -0.3 is 9.84 Å². The maximum Gasteiger partial charge on any atom is 0.317 e. The molecule has 2 aromatic rings. The lowest BCUT2D eigenvalue weighted by atomic mass is 10.00. The highest BCUT2D eigenvalue weighted by Crippen LogP contribution is 2.29.